The number of carbonyl (C=O) groups is 5. The van der Waals surface area contributed by atoms with Gasteiger partial charge in [-0.3, -0.25) is 24.0 Å². The molecule has 1 saturated heterocycles. The average molecular weight is 1240 g/mol. The zero-order chi connectivity index (χ0) is 65.9. The number of phenolic OH excluding ortho intramolecular Hbond substituents is 3. The van der Waals surface area contributed by atoms with E-state index in [4.69, 9.17) is 18.9 Å². The highest BCUT2D eigenvalue weighted by molar-refractivity contribution is 6.42. The van der Waals surface area contributed by atoms with Crippen LogP contribution in [0, 0.1) is 42.2 Å². The van der Waals surface area contributed by atoms with Crippen LogP contribution in [0.3, 0.4) is 0 Å². The number of piperazine rings is 1. The summed E-state index contributed by atoms with van der Waals surface area (Å²) in [6.45, 7) is 11.2. The lowest BCUT2D eigenvalue weighted by Crippen LogP contribution is -2.58. The molecule has 8 rings (SSSR count). The van der Waals surface area contributed by atoms with Gasteiger partial charge in [-0.05, 0) is 55.5 Å². The normalized spacial score (nSPS) is 23.0. The molecule has 21 nitrogen and oxygen atoms in total. The predicted molar refractivity (Wildman–Crippen MR) is 343 cm³/mol. The zero-order valence-electron chi connectivity index (χ0n) is 52.3. The van der Waals surface area contributed by atoms with Crippen molar-refractivity contribution in [2.24, 2.45) is 28.8 Å². The highest BCUT2D eigenvalue weighted by atomic mass is 19.1. The van der Waals surface area contributed by atoms with Crippen molar-refractivity contribution in [1.82, 2.24) is 15.6 Å². The van der Waals surface area contributed by atoms with E-state index in [9.17, 15) is 53.9 Å². The molecule has 0 aromatic heterocycles. The smallest absolute Gasteiger partial charge is 0.302 e. The number of aromatic hydroxyl groups is 3. The number of nitrogens with zero attached hydrogens (tertiary/aromatic N) is 3. The van der Waals surface area contributed by atoms with Gasteiger partial charge in [-0.15, -0.1) is 0 Å². The maximum atomic E-state index is 15.1. The van der Waals surface area contributed by atoms with E-state index in [-0.39, 0.29) is 95.1 Å². The Morgan fingerprint density at radius 2 is 1.54 bits per heavy atom. The second-order valence-corrected chi connectivity index (χ2v) is 23.3. The van der Waals surface area contributed by atoms with Crippen LogP contribution in [0.2, 0.25) is 0 Å². The standard InChI is InChI=1S/C65H79B2F2N7O14/c1-34-16-15-17-35(2)62(84)73-53-44(57(82)51-45(60(88-9)39(6)56(81)52(51)58(53)83)33-89-29-24-49(87-8)36(3)59(90-40(7)77)38(5)55(80)37(4)54(34)79)31-70-71-32-50(78)76-27-25-75(26-28-76)48-23-22-42(68)30-47(48)72-64(86)61(65(66,67)41-18-11-10-12-19-41)74-63(85)43-20-13-14-21-46(43)69/h10-24,29-31,34,36-38,49,54-55,59,61,71,79-83H,25-28,32-33,66-67H2,1-9H3,(H,72,86)(H,73,84)(H,74,85)/b16-15+,29-24+,35-17-,70-31-/t34-,36+,37+,38+,49-,54-,55+,59+,61?/m0/s1. The summed E-state index contributed by atoms with van der Waals surface area (Å²) in [5, 5.41) is 70.3. The third kappa shape index (κ3) is 15.4. The van der Waals surface area contributed by atoms with Gasteiger partial charge in [-0.1, -0.05) is 94.0 Å². The number of phenols is 3. The fourth-order valence-corrected chi connectivity index (χ4v) is 11.6. The number of aliphatic hydroxyl groups is 2. The van der Waals surface area contributed by atoms with Crippen molar-refractivity contribution >= 4 is 79.3 Å². The molecule has 0 radical (unpaired) electrons. The first-order valence-electron chi connectivity index (χ1n) is 29.5. The van der Waals surface area contributed by atoms with E-state index in [1.165, 1.54) is 77.7 Å². The third-order valence-corrected chi connectivity index (χ3v) is 17.0. The fourth-order valence-electron chi connectivity index (χ4n) is 11.6. The second kappa shape index (κ2) is 30.0. The molecule has 3 aliphatic rings. The van der Waals surface area contributed by atoms with Crippen LogP contribution in [0.4, 0.5) is 25.8 Å². The van der Waals surface area contributed by atoms with E-state index in [2.05, 4.69) is 26.5 Å². The molecule has 0 aliphatic carbocycles. The molecule has 0 saturated carbocycles. The van der Waals surface area contributed by atoms with Gasteiger partial charge in [0.25, 0.3) is 11.8 Å². The minimum Gasteiger partial charge on any atom is -0.507 e. The van der Waals surface area contributed by atoms with Crippen LogP contribution in [0.15, 0.2) is 114 Å². The Morgan fingerprint density at radius 1 is 0.867 bits per heavy atom. The van der Waals surface area contributed by atoms with Crippen molar-refractivity contribution in [3.8, 4) is 23.0 Å². The third-order valence-electron chi connectivity index (χ3n) is 17.0. The first-order chi connectivity index (χ1) is 42.7. The van der Waals surface area contributed by atoms with Crippen LogP contribution in [0.25, 0.3) is 10.8 Å². The number of allylic oxidation sites excluding steroid dienone is 2. The van der Waals surface area contributed by atoms with Gasteiger partial charge in [0, 0.05) is 86.0 Å². The maximum Gasteiger partial charge on any atom is 0.302 e. The SMILES string of the molecule is BC(B)(c1ccccc1)C(NC(=O)c1ccccc1F)C(=O)Nc1cc(F)ccc1N1CCN(C(=O)CN/N=C\c2c3c(O)c4c(O)c(C)c(OC)c(c4c2O)CO/C=C/[C@H](OC)[C@@H](C)[C@@H](OC(C)=O)[C@H](C)[C@H](O)[C@H](C)[C@@H](O)[C@@H](C)/C=C/C=C(/C)C(=O)N3)CC1. The lowest BCUT2D eigenvalue weighted by molar-refractivity contribution is -0.160. The number of anilines is 3. The number of halogens is 2. The second-order valence-electron chi connectivity index (χ2n) is 23.3. The van der Waals surface area contributed by atoms with Gasteiger partial charge in [0.1, 0.15) is 69.9 Å². The minimum absolute atomic E-state index is 0.0721. The Hall–Kier alpha value is -8.93. The predicted octanol–water partition coefficient (Wildman–Crippen LogP) is 5.38. The van der Waals surface area contributed by atoms with Gasteiger partial charge in [0.15, 0.2) is 5.75 Å². The lowest BCUT2D eigenvalue weighted by Gasteiger charge is -2.38. The van der Waals surface area contributed by atoms with Gasteiger partial charge in [0.2, 0.25) is 11.8 Å². The summed E-state index contributed by atoms with van der Waals surface area (Å²) in [6, 6.07) is 16.9. The first kappa shape index (κ1) is 68.6. The molecule has 4 bridgehead atoms. The maximum absolute atomic E-state index is 15.1. The van der Waals surface area contributed by atoms with Crippen LogP contribution < -0.4 is 31.0 Å². The summed E-state index contributed by atoms with van der Waals surface area (Å²) in [6.07, 6.45) is 4.65. The van der Waals surface area contributed by atoms with Crippen molar-refractivity contribution in [2.45, 2.75) is 90.7 Å². The van der Waals surface area contributed by atoms with Crippen LogP contribution in [-0.4, -0.2) is 159 Å². The number of rotatable bonds is 14. The first-order valence-corrected chi connectivity index (χ1v) is 29.5. The summed E-state index contributed by atoms with van der Waals surface area (Å²) < 4.78 is 53.4. The molecule has 9 atom stereocenters. The van der Waals surface area contributed by atoms with Crippen molar-refractivity contribution in [3.05, 3.63) is 148 Å². The zero-order valence-corrected chi connectivity index (χ0v) is 52.3. The number of hydrogen-bond donors (Lipinski definition) is 9. The van der Waals surface area contributed by atoms with Crippen LogP contribution in [0.5, 0.6) is 23.0 Å². The summed E-state index contributed by atoms with van der Waals surface area (Å²) >= 11 is 0. The van der Waals surface area contributed by atoms with Crippen molar-refractivity contribution in [3.63, 3.8) is 0 Å². The number of aliphatic hydroxyl groups excluding tert-OH is 2. The van der Waals surface area contributed by atoms with Crippen LogP contribution in [0.1, 0.15) is 74.2 Å². The molecule has 3 aliphatic heterocycles. The van der Waals surface area contributed by atoms with Crippen molar-refractivity contribution in [1.29, 1.82) is 0 Å². The quantitative estimate of drug-likeness (QED) is 0.0169. The Morgan fingerprint density at radius 3 is 2.20 bits per heavy atom. The number of fused-ring (bicyclic) bond motifs is 15. The van der Waals surface area contributed by atoms with E-state index in [0.29, 0.717) is 11.3 Å². The van der Waals surface area contributed by atoms with E-state index in [1.807, 2.05) is 4.90 Å². The number of hydrogen-bond acceptors (Lipinski definition) is 17. The summed E-state index contributed by atoms with van der Waals surface area (Å²) in [4.78, 5) is 71.8. The highest BCUT2D eigenvalue weighted by Gasteiger charge is 2.41. The molecule has 5 aromatic rings. The molecule has 4 amide bonds. The van der Waals surface area contributed by atoms with E-state index < -0.39 is 118 Å². The Bertz CT molecular complexity index is 3580. The molecule has 3 heterocycles. The molecule has 90 heavy (non-hydrogen) atoms. The van der Waals surface area contributed by atoms with Gasteiger partial charge in [-0.25, -0.2) is 8.78 Å². The number of hydrazone groups is 1. The monoisotopic (exact) mass is 1240 g/mol. The lowest BCUT2D eigenvalue weighted by atomic mass is 9.47. The van der Waals surface area contributed by atoms with E-state index in [0.717, 1.165) is 18.3 Å². The van der Waals surface area contributed by atoms with E-state index in [1.54, 1.807) is 96.8 Å². The summed E-state index contributed by atoms with van der Waals surface area (Å²) in [5.41, 5.74) is 3.38. The summed E-state index contributed by atoms with van der Waals surface area (Å²) in [7, 11) is 6.29. The Kier molecular flexibility index (Phi) is 22.9. The number of methoxy groups -OCH3 is 2. The van der Waals surface area contributed by atoms with Crippen molar-refractivity contribution in [2.75, 3.05) is 62.5 Å². The number of carbonyl (C=O) groups excluding carboxylic acids is 5. The molecule has 5 aromatic carbocycles. The molecule has 1 unspecified atom stereocenters. The molecule has 0 spiro atoms. The van der Waals surface area contributed by atoms with Gasteiger partial charge in [0.05, 0.1) is 71.5 Å². The summed E-state index contributed by atoms with van der Waals surface area (Å²) in [5.74, 6) is -9.01. The van der Waals surface area contributed by atoms with E-state index >= 15 is 4.39 Å². The number of amides is 4. The number of benzene rings is 5. The largest absolute Gasteiger partial charge is 0.507 e. The Labute approximate surface area is 523 Å². The molecule has 478 valence electrons. The van der Waals surface area contributed by atoms with Gasteiger partial charge < -0.3 is 75.7 Å². The number of nitrogens with one attached hydrogen (secondary N) is 4. The fraction of sp³-hybridized carbons (Fsp3) is 0.385. The molecule has 25 heteroatoms. The molecule has 9 N–H and O–H groups in total. The molecule has 1 fully saturated rings. The topological polar surface area (TPSA) is 290 Å². The van der Waals surface area contributed by atoms with Crippen LogP contribution in [-0.2, 0) is 45.2 Å². The highest BCUT2D eigenvalue weighted by Crippen LogP contribution is 2.52. The molecular formula is C65H79B2F2N7O14. The average Bonchev–Trinajstić information content (AvgIpc) is 0.849. The number of esters is 1. The molecular weight excluding hydrogens is 1160 g/mol. The van der Waals surface area contributed by atoms with Crippen LogP contribution >= 0.6 is 0 Å². The minimum atomic E-state index is -1.29. The van der Waals surface area contributed by atoms with Gasteiger partial charge in [-0.2, -0.15) is 5.10 Å². The Balaban J connectivity index is 1.15. The number of ether oxygens (including phenoxy) is 4. The van der Waals surface area contributed by atoms with Crippen molar-refractivity contribution < 1.29 is 77.2 Å². The van der Waals surface area contributed by atoms with Gasteiger partial charge >= 0.3 is 5.97 Å².